The van der Waals surface area contributed by atoms with E-state index in [1.807, 2.05) is 13.8 Å². The lowest BCUT2D eigenvalue weighted by atomic mass is 9.95. The van der Waals surface area contributed by atoms with E-state index in [4.69, 9.17) is 20.9 Å². The number of halogens is 1. The first-order valence-corrected chi connectivity index (χ1v) is 7.43. The Labute approximate surface area is 139 Å². The molecule has 0 aliphatic carbocycles. The number of carbonyl (C=O) groups is 1. The van der Waals surface area contributed by atoms with Gasteiger partial charge in [0.15, 0.2) is 17.1 Å². The Morgan fingerprint density at radius 1 is 1.39 bits per heavy atom. The molecule has 1 aromatic carbocycles. The highest BCUT2D eigenvalue weighted by molar-refractivity contribution is 6.30. The van der Waals surface area contributed by atoms with Crippen LogP contribution in [-0.2, 0) is 4.74 Å². The van der Waals surface area contributed by atoms with E-state index in [0.717, 1.165) is 0 Å². The van der Waals surface area contributed by atoms with Gasteiger partial charge in [0.1, 0.15) is 0 Å². The van der Waals surface area contributed by atoms with Gasteiger partial charge in [0.05, 0.1) is 6.61 Å². The fraction of sp³-hybridized carbons (Fsp3) is 0.375. The molecule has 0 unspecified atom stereocenters. The van der Waals surface area contributed by atoms with Crippen LogP contribution in [0.2, 0.25) is 5.02 Å². The first kappa shape index (κ1) is 17.3. The average molecular weight is 339 g/mol. The van der Waals surface area contributed by atoms with Crippen LogP contribution in [0.25, 0.3) is 11.3 Å². The number of aromatic carboxylic acids is 1. The van der Waals surface area contributed by atoms with E-state index in [0.29, 0.717) is 23.7 Å². The zero-order valence-electron chi connectivity index (χ0n) is 13.2. The van der Waals surface area contributed by atoms with Crippen molar-refractivity contribution < 1.29 is 19.2 Å². The average Bonchev–Trinajstić information content (AvgIpc) is 2.90. The molecule has 0 radical (unpaired) electrons. The monoisotopic (exact) mass is 338 g/mol. The molecule has 2 N–H and O–H groups in total. The highest BCUT2D eigenvalue weighted by Crippen LogP contribution is 2.30. The van der Waals surface area contributed by atoms with Gasteiger partial charge in [0.25, 0.3) is 0 Å². The lowest BCUT2D eigenvalue weighted by Gasteiger charge is -2.23. The molecule has 6 nitrogen and oxygen atoms in total. The summed E-state index contributed by atoms with van der Waals surface area (Å²) in [6.45, 7) is 5.03. The van der Waals surface area contributed by atoms with E-state index in [1.165, 1.54) is 0 Å². The third kappa shape index (κ3) is 4.24. The number of nitrogens with one attached hydrogen (secondary N) is 1. The standard InChI is InChI=1S/C16H19ClN2O4/c1-16(2,9-22-3)8-18-14-12(15(20)21)13(23-19-14)10-4-6-11(17)7-5-10/h4-7H,8-9H2,1-3H3,(H,18,19)(H,20,21). The first-order valence-electron chi connectivity index (χ1n) is 7.06. The molecule has 0 aliphatic heterocycles. The SMILES string of the molecule is COCC(C)(C)CNc1noc(-c2ccc(Cl)cc2)c1C(=O)O. The number of methoxy groups -OCH3 is 1. The summed E-state index contributed by atoms with van der Waals surface area (Å²) in [5.41, 5.74) is 0.424. The van der Waals surface area contributed by atoms with Gasteiger partial charge >= 0.3 is 5.97 Å². The van der Waals surface area contributed by atoms with Crippen LogP contribution in [0.5, 0.6) is 0 Å². The van der Waals surface area contributed by atoms with Crippen LogP contribution >= 0.6 is 11.6 Å². The summed E-state index contributed by atoms with van der Waals surface area (Å²) >= 11 is 5.85. The molecule has 0 atom stereocenters. The third-order valence-corrected chi connectivity index (χ3v) is 3.53. The molecule has 23 heavy (non-hydrogen) atoms. The van der Waals surface area contributed by atoms with Crippen LogP contribution in [0, 0.1) is 5.41 Å². The Kier molecular flexibility index (Phi) is 5.28. The number of anilines is 1. The summed E-state index contributed by atoms with van der Waals surface area (Å²) in [6, 6.07) is 6.71. The Morgan fingerprint density at radius 2 is 2.04 bits per heavy atom. The van der Waals surface area contributed by atoms with Crippen molar-refractivity contribution in [2.75, 3.05) is 25.6 Å². The Balaban J connectivity index is 2.28. The van der Waals surface area contributed by atoms with Crippen molar-refractivity contribution in [3.63, 3.8) is 0 Å². The number of hydrogen-bond donors (Lipinski definition) is 2. The normalized spacial score (nSPS) is 11.5. The highest BCUT2D eigenvalue weighted by atomic mass is 35.5. The molecule has 124 valence electrons. The minimum absolute atomic E-state index is 0.000499. The molecule has 0 saturated carbocycles. The number of rotatable bonds is 7. The predicted molar refractivity (Wildman–Crippen MR) is 88.1 cm³/mol. The van der Waals surface area contributed by atoms with Crippen molar-refractivity contribution in [2.24, 2.45) is 5.41 Å². The van der Waals surface area contributed by atoms with Crippen LogP contribution in [0.15, 0.2) is 28.8 Å². The molecule has 0 amide bonds. The molecule has 0 aliphatic rings. The topological polar surface area (TPSA) is 84.6 Å². The lowest BCUT2D eigenvalue weighted by molar-refractivity contribution is 0.0698. The molecule has 0 spiro atoms. The van der Waals surface area contributed by atoms with Crippen molar-refractivity contribution >= 4 is 23.4 Å². The van der Waals surface area contributed by atoms with Gasteiger partial charge in [-0.05, 0) is 24.3 Å². The number of aromatic nitrogens is 1. The van der Waals surface area contributed by atoms with E-state index in [9.17, 15) is 9.90 Å². The minimum Gasteiger partial charge on any atom is -0.477 e. The second-order valence-electron chi connectivity index (χ2n) is 6.00. The van der Waals surface area contributed by atoms with Crippen LogP contribution < -0.4 is 5.32 Å². The largest absolute Gasteiger partial charge is 0.477 e. The van der Waals surface area contributed by atoms with Gasteiger partial charge in [-0.2, -0.15) is 0 Å². The molecule has 0 fully saturated rings. The van der Waals surface area contributed by atoms with E-state index >= 15 is 0 Å². The quantitative estimate of drug-likeness (QED) is 0.799. The summed E-state index contributed by atoms with van der Waals surface area (Å²) in [5, 5.41) is 16.9. The molecule has 1 heterocycles. The molecule has 1 aromatic heterocycles. The van der Waals surface area contributed by atoms with E-state index in [-0.39, 0.29) is 22.6 Å². The summed E-state index contributed by atoms with van der Waals surface area (Å²) in [4.78, 5) is 11.6. The fourth-order valence-corrected chi connectivity index (χ4v) is 2.30. The number of hydrogen-bond acceptors (Lipinski definition) is 5. The van der Waals surface area contributed by atoms with Crippen LogP contribution in [-0.4, -0.2) is 36.5 Å². The Morgan fingerprint density at radius 3 is 2.61 bits per heavy atom. The Hall–Kier alpha value is -2.05. The highest BCUT2D eigenvalue weighted by Gasteiger charge is 2.26. The van der Waals surface area contributed by atoms with Crippen molar-refractivity contribution in [3.05, 3.63) is 34.9 Å². The number of nitrogens with zero attached hydrogens (tertiary/aromatic N) is 1. The van der Waals surface area contributed by atoms with Crippen molar-refractivity contribution in [3.8, 4) is 11.3 Å². The smallest absolute Gasteiger partial charge is 0.343 e. The summed E-state index contributed by atoms with van der Waals surface area (Å²) in [5.74, 6) is -0.712. The van der Waals surface area contributed by atoms with E-state index in [2.05, 4.69) is 10.5 Å². The lowest BCUT2D eigenvalue weighted by Crippen LogP contribution is -2.28. The van der Waals surface area contributed by atoms with Crippen molar-refractivity contribution in [2.45, 2.75) is 13.8 Å². The predicted octanol–water partition coefficient (Wildman–Crippen LogP) is 3.78. The maximum atomic E-state index is 11.6. The van der Waals surface area contributed by atoms with Gasteiger partial charge < -0.3 is 19.7 Å². The van der Waals surface area contributed by atoms with Crippen LogP contribution in [0.1, 0.15) is 24.2 Å². The van der Waals surface area contributed by atoms with Crippen molar-refractivity contribution in [1.29, 1.82) is 0 Å². The molecule has 0 saturated heterocycles. The molecule has 0 bridgehead atoms. The van der Waals surface area contributed by atoms with Gasteiger partial charge in [0, 0.05) is 29.7 Å². The summed E-state index contributed by atoms with van der Waals surface area (Å²) in [7, 11) is 1.62. The molecular formula is C16H19ClN2O4. The maximum absolute atomic E-state index is 11.6. The minimum atomic E-state index is -1.11. The third-order valence-electron chi connectivity index (χ3n) is 3.28. The fourth-order valence-electron chi connectivity index (χ4n) is 2.17. The molecule has 2 rings (SSSR count). The molecule has 7 heteroatoms. The zero-order valence-corrected chi connectivity index (χ0v) is 14.0. The van der Waals surface area contributed by atoms with Crippen LogP contribution in [0.4, 0.5) is 5.82 Å². The molecule has 2 aromatic rings. The zero-order chi connectivity index (χ0) is 17.0. The second kappa shape index (κ2) is 7.02. The molecular weight excluding hydrogens is 320 g/mol. The van der Waals surface area contributed by atoms with Crippen molar-refractivity contribution in [1.82, 2.24) is 5.16 Å². The van der Waals surface area contributed by atoms with Gasteiger partial charge in [-0.1, -0.05) is 30.6 Å². The number of carboxylic acid groups (broad SMARTS) is 1. The van der Waals surface area contributed by atoms with E-state index < -0.39 is 5.97 Å². The van der Waals surface area contributed by atoms with Gasteiger partial charge in [-0.25, -0.2) is 4.79 Å². The number of carboxylic acids is 1. The van der Waals surface area contributed by atoms with Crippen LogP contribution in [0.3, 0.4) is 0 Å². The van der Waals surface area contributed by atoms with Gasteiger partial charge in [0.2, 0.25) is 0 Å². The van der Waals surface area contributed by atoms with Gasteiger partial charge in [-0.15, -0.1) is 0 Å². The number of ether oxygens (including phenoxy) is 1. The number of benzene rings is 1. The summed E-state index contributed by atoms with van der Waals surface area (Å²) < 4.78 is 10.4. The summed E-state index contributed by atoms with van der Waals surface area (Å²) in [6.07, 6.45) is 0. The second-order valence-corrected chi connectivity index (χ2v) is 6.43. The Bertz CT molecular complexity index is 680. The van der Waals surface area contributed by atoms with E-state index in [1.54, 1.807) is 31.4 Å². The first-order chi connectivity index (χ1) is 10.8. The maximum Gasteiger partial charge on any atom is 0.343 e. The van der Waals surface area contributed by atoms with Gasteiger partial charge in [-0.3, -0.25) is 0 Å².